The van der Waals surface area contributed by atoms with Gasteiger partial charge in [-0.25, -0.2) is 0 Å². The van der Waals surface area contributed by atoms with Crippen LogP contribution in [0.2, 0.25) is 0 Å². The Labute approximate surface area is 112 Å². The Hall–Kier alpha value is -0.120. The molecule has 2 rings (SSSR count). The molecule has 1 heterocycles. The third-order valence-corrected chi connectivity index (χ3v) is 4.92. The fourth-order valence-electron chi connectivity index (χ4n) is 3.52. The van der Waals surface area contributed by atoms with Crippen LogP contribution in [0.1, 0.15) is 39.5 Å². The summed E-state index contributed by atoms with van der Waals surface area (Å²) in [5.74, 6) is 1.50. The van der Waals surface area contributed by atoms with Crippen molar-refractivity contribution < 1.29 is 9.47 Å². The smallest absolute Gasteiger partial charge is 0.0674 e. The highest BCUT2D eigenvalue weighted by Crippen LogP contribution is 2.51. The summed E-state index contributed by atoms with van der Waals surface area (Å²) in [5, 5.41) is 3.58. The van der Waals surface area contributed by atoms with E-state index in [9.17, 15) is 0 Å². The lowest BCUT2D eigenvalue weighted by molar-refractivity contribution is -0.00395. The number of hydrogen-bond donors (Lipinski definition) is 1. The summed E-state index contributed by atoms with van der Waals surface area (Å²) in [7, 11) is 1.80. The van der Waals surface area contributed by atoms with Crippen LogP contribution in [0.3, 0.4) is 0 Å². The highest BCUT2D eigenvalue weighted by Gasteiger charge is 2.52. The minimum Gasteiger partial charge on any atom is -0.385 e. The van der Waals surface area contributed by atoms with E-state index in [4.69, 9.17) is 9.47 Å². The standard InChI is InChI=1S/C15H29NO2/c1-4-16-11-15(12(2)7-9-17-3)8-10-18-14(15)13-5-6-13/h12-14,16H,4-11H2,1-3H3. The second-order valence-corrected chi connectivity index (χ2v) is 6.07. The Morgan fingerprint density at radius 2 is 2.22 bits per heavy atom. The molecule has 106 valence electrons. The third kappa shape index (κ3) is 2.89. The second-order valence-electron chi connectivity index (χ2n) is 6.07. The maximum atomic E-state index is 6.11. The topological polar surface area (TPSA) is 30.5 Å². The van der Waals surface area contributed by atoms with Gasteiger partial charge in [-0.2, -0.15) is 0 Å². The average molecular weight is 255 g/mol. The molecule has 0 amide bonds. The van der Waals surface area contributed by atoms with Crippen LogP contribution in [-0.4, -0.2) is 39.5 Å². The Morgan fingerprint density at radius 3 is 2.83 bits per heavy atom. The molecular weight excluding hydrogens is 226 g/mol. The number of ether oxygens (including phenoxy) is 2. The normalized spacial score (nSPS) is 33.8. The maximum absolute atomic E-state index is 6.11. The van der Waals surface area contributed by atoms with Crippen LogP contribution in [0.25, 0.3) is 0 Å². The molecule has 2 fully saturated rings. The van der Waals surface area contributed by atoms with E-state index in [0.717, 1.165) is 38.6 Å². The van der Waals surface area contributed by atoms with Crippen LogP contribution in [0, 0.1) is 17.3 Å². The molecule has 3 heteroatoms. The summed E-state index contributed by atoms with van der Waals surface area (Å²) >= 11 is 0. The van der Waals surface area contributed by atoms with Gasteiger partial charge in [-0.1, -0.05) is 13.8 Å². The second kappa shape index (κ2) is 6.36. The quantitative estimate of drug-likeness (QED) is 0.722. The molecule has 1 saturated carbocycles. The van der Waals surface area contributed by atoms with Crippen molar-refractivity contribution in [2.45, 2.75) is 45.6 Å². The van der Waals surface area contributed by atoms with Crippen molar-refractivity contribution >= 4 is 0 Å². The SMILES string of the molecule is CCNCC1(C(C)CCOC)CCOC1C1CC1. The monoisotopic (exact) mass is 255 g/mol. The lowest BCUT2D eigenvalue weighted by atomic mass is 9.68. The summed E-state index contributed by atoms with van der Waals surface area (Å²) in [4.78, 5) is 0. The zero-order valence-corrected chi connectivity index (χ0v) is 12.2. The van der Waals surface area contributed by atoms with E-state index in [1.54, 1.807) is 7.11 Å². The van der Waals surface area contributed by atoms with Crippen LogP contribution < -0.4 is 5.32 Å². The van der Waals surface area contributed by atoms with Crippen molar-refractivity contribution in [2.24, 2.45) is 17.3 Å². The Morgan fingerprint density at radius 1 is 1.44 bits per heavy atom. The molecule has 3 atom stereocenters. The summed E-state index contributed by atoms with van der Waals surface area (Å²) < 4.78 is 11.4. The van der Waals surface area contributed by atoms with Crippen LogP contribution in [-0.2, 0) is 9.47 Å². The number of rotatable bonds is 8. The van der Waals surface area contributed by atoms with Gasteiger partial charge in [0.05, 0.1) is 6.10 Å². The summed E-state index contributed by atoms with van der Waals surface area (Å²) in [5.41, 5.74) is 0.343. The predicted molar refractivity (Wildman–Crippen MR) is 73.7 cm³/mol. The molecule has 3 nitrogen and oxygen atoms in total. The minimum atomic E-state index is 0.343. The van der Waals surface area contributed by atoms with Crippen molar-refractivity contribution in [3.8, 4) is 0 Å². The van der Waals surface area contributed by atoms with E-state index < -0.39 is 0 Å². The zero-order valence-electron chi connectivity index (χ0n) is 12.2. The highest BCUT2D eigenvalue weighted by atomic mass is 16.5. The first kappa shape index (κ1) is 14.3. The molecule has 0 aromatic carbocycles. The first-order chi connectivity index (χ1) is 8.74. The lowest BCUT2D eigenvalue weighted by Gasteiger charge is -2.40. The molecule has 1 saturated heterocycles. The molecular formula is C15H29NO2. The van der Waals surface area contributed by atoms with Crippen molar-refractivity contribution in [3.05, 3.63) is 0 Å². The van der Waals surface area contributed by atoms with Crippen LogP contribution in [0.15, 0.2) is 0 Å². The predicted octanol–water partition coefficient (Wildman–Crippen LogP) is 2.45. The molecule has 0 aromatic heterocycles. The van der Waals surface area contributed by atoms with Gasteiger partial charge in [0.15, 0.2) is 0 Å². The van der Waals surface area contributed by atoms with Gasteiger partial charge in [0.2, 0.25) is 0 Å². The van der Waals surface area contributed by atoms with E-state index in [1.807, 2.05) is 0 Å². The Kier molecular flexibility index (Phi) is 5.05. The van der Waals surface area contributed by atoms with Crippen molar-refractivity contribution in [1.29, 1.82) is 0 Å². The van der Waals surface area contributed by atoms with Gasteiger partial charge in [0, 0.05) is 32.3 Å². The number of hydrogen-bond acceptors (Lipinski definition) is 3. The summed E-state index contributed by atoms with van der Waals surface area (Å²) in [6.45, 7) is 8.55. The molecule has 18 heavy (non-hydrogen) atoms. The largest absolute Gasteiger partial charge is 0.385 e. The molecule has 1 N–H and O–H groups in total. The first-order valence-corrected chi connectivity index (χ1v) is 7.56. The van der Waals surface area contributed by atoms with E-state index in [0.29, 0.717) is 17.4 Å². The van der Waals surface area contributed by atoms with Gasteiger partial charge in [0.25, 0.3) is 0 Å². The number of methoxy groups -OCH3 is 1. The van der Waals surface area contributed by atoms with Gasteiger partial charge in [-0.3, -0.25) is 0 Å². The van der Waals surface area contributed by atoms with Gasteiger partial charge >= 0.3 is 0 Å². The maximum Gasteiger partial charge on any atom is 0.0674 e. The average Bonchev–Trinajstić information content (AvgIpc) is 3.14. The fourth-order valence-corrected chi connectivity index (χ4v) is 3.52. The Bertz CT molecular complexity index is 255. The molecule has 2 aliphatic rings. The molecule has 3 unspecified atom stereocenters. The van der Waals surface area contributed by atoms with E-state index in [2.05, 4.69) is 19.2 Å². The van der Waals surface area contributed by atoms with E-state index in [-0.39, 0.29) is 0 Å². The summed E-state index contributed by atoms with van der Waals surface area (Å²) in [6.07, 6.45) is 5.59. The van der Waals surface area contributed by atoms with Crippen LogP contribution in [0.5, 0.6) is 0 Å². The van der Waals surface area contributed by atoms with Gasteiger partial charge < -0.3 is 14.8 Å². The first-order valence-electron chi connectivity index (χ1n) is 7.56. The van der Waals surface area contributed by atoms with E-state index >= 15 is 0 Å². The zero-order chi connectivity index (χ0) is 13.0. The molecule has 1 aliphatic carbocycles. The fraction of sp³-hybridized carbons (Fsp3) is 1.00. The minimum absolute atomic E-state index is 0.343. The van der Waals surface area contributed by atoms with Crippen molar-refractivity contribution in [1.82, 2.24) is 5.32 Å². The van der Waals surface area contributed by atoms with Gasteiger partial charge in [-0.05, 0) is 44.1 Å². The van der Waals surface area contributed by atoms with Gasteiger partial charge in [0.1, 0.15) is 0 Å². The van der Waals surface area contributed by atoms with Gasteiger partial charge in [-0.15, -0.1) is 0 Å². The third-order valence-electron chi connectivity index (χ3n) is 4.92. The molecule has 0 aromatic rings. The van der Waals surface area contributed by atoms with Crippen molar-refractivity contribution in [3.63, 3.8) is 0 Å². The highest BCUT2D eigenvalue weighted by molar-refractivity contribution is 5.02. The lowest BCUT2D eigenvalue weighted by Crippen LogP contribution is -2.46. The molecule has 0 radical (unpaired) electrons. The molecule has 0 bridgehead atoms. The van der Waals surface area contributed by atoms with Crippen LogP contribution >= 0.6 is 0 Å². The van der Waals surface area contributed by atoms with Crippen molar-refractivity contribution in [2.75, 3.05) is 33.4 Å². The molecule has 0 spiro atoms. The molecule has 1 aliphatic heterocycles. The Balaban J connectivity index is 2.05. The van der Waals surface area contributed by atoms with Crippen LogP contribution in [0.4, 0.5) is 0 Å². The van der Waals surface area contributed by atoms with E-state index in [1.165, 1.54) is 19.3 Å². The number of nitrogens with one attached hydrogen (secondary N) is 1. The summed E-state index contributed by atoms with van der Waals surface area (Å²) in [6, 6.07) is 0.